The molecule has 3 rings (SSSR count). The third-order valence-electron chi connectivity index (χ3n) is 4.12. The van der Waals surface area contributed by atoms with Crippen LogP contribution in [0.15, 0.2) is 11.4 Å². The lowest BCUT2D eigenvalue weighted by molar-refractivity contribution is -0.132. The Bertz CT molecular complexity index is 443. The number of thiophene rings is 1. The highest BCUT2D eigenvalue weighted by Crippen LogP contribution is 2.34. The lowest BCUT2D eigenvalue weighted by atomic mass is 9.92. The van der Waals surface area contributed by atoms with Crippen LogP contribution in [0.2, 0.25) is 0 Å². The molecule has 98 valence electrons. The summed E-state index contributed by atoms with van der Waals surface area (Å²) in [6.45, 7) is 0.856. The van der Waals surface area contributed by atoms with E-state index in [0.717, 1.165) is 13.0 Å². The van der Waals surface area contributed by atoms with Crippen LogP contribution in [0.25, 0.3) is 0 Å². The van der Waals surface area contributed by atoms with Crippen LogP contribution in [0.1, 0.15) is 42.2 Å². The average molecular weight is 264 g/mol. The van der Waals surface area contributed by atoms with E-state index in [1.165, 1.54) is 24.8 Å². The Morgan fingerprint density at radius 1 is 1.39 bits per heavy atom. The second-order valence-electron chi connectivity index (χ2n) is 5.42. The molecular formula is C14H20N2OS. The number of carbonyl (C=O) groups is 1. The zero-order chi connectivity index (χ0) is 12.5. The molecule has 0 radical (unpaired) electrons. The highest BCUT2D eigenvalue weighted by molar-refractivity contribution is 7.10. The maximum absolute atomic E-state index is 11.5. The number of nitrogens with zero attached hydrogens (tertiary/aromatic N) is 1. The smallest absolute Gasteiger partial charge is 0.222 e. The summed E-state index contributed by atoms with van der Waals surface area (Å²) < 4.78 is 0. The quantitative estimate of drug-likeness (QED) is 0.889. The van der Waals surface area contributed by atoms with Gasteiger partial charge < -0.3 is 10.2 Å². The van der Waals surface area contributed by atoms with Crippen molar-refractivity contribution < 1.29 is 4.79 Å². The zero-order valence-electron chi connectivity index (χ0n) is 10.8. The monoisotopic (exact) mass is 264 g/mol. The van der Waals surface area contributed by atoms with Gasteiger partial charge in [-0.2, -0.15) is 0 Å². The second kappa shape index (κ2) is 5.02. The van der Waals surface area contributed by atoms with Crippen molar-refractivity contribution in [3.63, 3.8) is 0 Å². The lowest BCUT2D eigenvalue weighted by Gasteiger charge is -2.34. The molecule has 1 aliphatic heterocycles. The number of fused-ring (bicyclic) bond motifs is 1. The van der Waals surface area contributed by atoms with E-state index in [1.54, 1.807) is 4.88 Å². The van der Waals surface area contributed by atoms with Crippen LogP contribution in [0.5, 0.6) is 0 Å². The molecule has 1 saturated heterocycles. The Balaban J connectivity index is 1.66. The number of nitrogens with one attached hydrogen (secondary N) is 1. The Morgan fingerprint density at radius 2 is 2.28 bits per heavy atom. The van der Waals surface area contributed by atoms with Crippen molar-refractivity contribution in [3.05, 3.63) is 21.9 Å². The maximum Gasteiger partial charge on any atom is 0.222 e. The molecule has 1 aromatic heterocycles. The molecular weight excluding hydrogens is 244 g/mol. The summed E-state index contributed by atoms with van der Waals surface area (Å²) in [7, 11) is 1.91. The largest absolute Gasteiger partial charge is 0.344 e. The lowest BCUT2D eigenvalue weighted by Crippen LogP contribution is -2.47. The van der Waals surface area contributed by atoms with E-state index in [2.05, 4.69) is 16.8 Å². The van der Waals surface area contributed by atoms with Gasteiger partial charge in [-0.3, -0.25) is 4.79 Å². The van der Waals surface area contributed by atoms with Crippen molar-refractivity contribution in [2.45, 2.75) is 44.2 Å². The number of carbonyl (C=O) groups excluding carboxylic acids is 1. The number of amides is 1. The third kappa shape index (κ3) is 2.31. The van der Waals surface area contributed by atoms with Crippen LogP contribution in [-0.4, -0.2) is 30.4 Å². The van der Waals surface area contributed by atoms with Gasteiger partial charge in [0.1, 0.15) is 0 Å². The van der Waals surface area contributed by atoms with Crippen molar-refractivity contribution in [1.82, 2.24) is 10.2 Å². The van der Waals surface area contributed by atoms with Gasteiger partial charge in [-0.1, -0.05) is 0 Å². The Kier molecular flexibility index (Phi) is 3.39. The van der Waals surface area contributed by atoms with Gasteiger partial charge in [-0.15, -0.1) is 11.3 Å². The van der Waals surface area contributed by atoms with Gasteiger partial charge >= 0.3 is 0 Å². The molecule has 4 heteroatoms. The van der Waals surface area contributed by atoms with Crippen LogP contribution in [0, 0.1) is 0 Å². The third-order valence-corrected chi connectivity index (χ3v) is 5.11. The Labute approximate surface area is 112 Å². The molecule has 1 fully saturated rings. The number of hydrogen-bond donors (Lipinski definition) is 1. The molecule has 18 heavy (non-hydrogen) atoms. The summed E-state index contributed by atoms with van der Waals surface area (Å²) in [5, 5.41) is 5.97. The molecule has 2 aliphatic rings. The fourth-order valence-electron chi connectivity index (χ4n) is 3.09. The van der Waals surface area contributed by atoms with Crippen molar-refractivity contribution >= 4 is 17.2 Å². The summed E-state index contributed by atoms with van der Waals surface area (Å²) in [4.78, 5) is 14.9. The number of likely N-dealkylation sites (tertiary alicyclic amines) is 1. The number of aryl methyl sites for hydroxylation is 1. The summed E-state index contributed by atoms with van der Waals surface area (Å²) >= 11 is 1.89. The predicted molar refractivity (Wildman–Crippen MR) is 73.8 cm³/mol. The second-order valence-corrected chi connectivity index (χ2v) is 6.42. The predicted octanol–water partition coefficient (Wildman–Crippen LogP) is 2.34. The van der Waals surface area contributed by atoms with Crippen LogP contribution >= 0.6 is 11.3 Å². The number of hydrogen-bond acceptors (Lipinski definition) is 3. The molecule has 2 heterocycles. The van der Waals surface area contributed by atoms with Crippen molar-refractivity contribution in [2.75, 3.05) is 13.6 Å². The standard InChI is InChI=1S/C14H20N2OS/c1-16-9-10(5-6-14(16)17)15-12-3-2-4-13-11(12)7-8-18-13/h7-8,10,12,15H,2-6,9H2,1H3. The first-order valence-electron chi connectivity index (χ1n) is 6.80. The normalized spacial score (nSPS) is 28.3. The SMILES string of the molecule is CN1CC(NC2CCCc3sccc32)CCC1=O. The first kappa shape index (κ1) is 12.2. The van der Waals surface area contributed by atoms with Crippen molar-refractivity contribution in [1.29, 1.82) is 0 Å². The first-order chi connectivity index (χ1) is 8.74. The Hall–Kier alpha value is -0.870. The molecule has 2 unspecified atom stereocenters. The van der Waals surface area contributed by atoms with E-state index < -0.39 is 0 Å². The van der Waals surface area contributed by atoms with E-state index >= 15 is 0 Å². The minimum absolute atomic E-state index is 0.285. The molecule has 2 atom stereocenters. The molecule has 3 nitrogen and oxygen atoms in total. The van der Waals surface area contributed by atoms with Crippen molar-refractivity contribution in [3.8, 4) is 0 Å². The van der Waals surface area contributed by atoms with E-state index in [1.807, 2.05) is 23.3 Å². The number of rotatable bonds is 2. The maximum atomic E-state index is 11.5. The van der Waals surface area contributed by atoms with Crippen LogP contribution < -0.4 is 5.32 Å². The van der Waals surface area contributed by atoms with Gasteiger partial charge in [-0.05, 0) is 42.7 Å². The fraction of sp³-hybridized carbons (Fsp3) is 0.643. The average Bonchev–Trinajstić information content (AvgIpc) is 2.83. The zero-order valence-corrected chi connectivity index (χ0v) is 11.6. The van der Waals surface area contributed by atoms with Gasteiger partial charge in [0.2, 0.25) is 5.91 Å². The van der Waals surface area contributed by atoms with Crippen LogP contribution in [0.3, 0.4) is 0 Å². The minimum atomic E-state index is 0.285. The Morgan fingerprint density at radius 3 is 3.11 bits per heavy atom. The molecule has 0 bridgehead atoms. The topological polar surface area (TPSA) is 32.3 Å². The molecule has 1 amide bonds. The summed E-state index contributed by atoms with van der Waals surface area (Å²) in [6, 6.07) is 3.24. The van der Waals surface area contributed by atoms with E-state index in [0.29, 0.717) is 18.5 Å². The molecule has 1 aromatic rings. The summed E-state index contributed by atoms with van der Waals surface area (Å²) in [6.07, 6.45) is 5.44. The number of likely N-dealkylation sites (N-methyl/N-ethyl adjacent to an activating group) is 1. The van der Waals surface area contributed by atoms with Gasteiger partial charge in [0, 0.05) is 37.0 Å². The molecule has 0 aromatic carbocycles. The summed E-state index contributed by atoms with van der Waals surface area (Å²) in [5.74, 6) is 0.285. The van der Waals surface area contributed by atoms with Gasteiger partial charge in [0.05, 0.1) is 0 Å². The van der Waals surface area contributed by atoms with Crippen molar-refractivity contribution in [2.24, 2.45) is 0 Å². The summed E-state index contributed by atoms with van der Waals surface area (Å²) in [5.41, 5.74) is 1.51. The van der Waals surface area contributed by atoms with Crippen LogP contribution in [0.4, 0.5) is 0 Å². The molecule has 1 aliphatic carbocycles. The van der Waals surface area contributed by atoms with Gasteiger partial charge in [-0.25, -0.2) is 0 Å². The minimum Gasteiger partial charge on any atom is -0.344 e. The molecule has 0 spiro atoms. The highest BCUT2D eigenvalue weighted by Gasteiger charge is 2.27. The number of piperidine rings is 1. The fourth-order valence-corrected chi connectivity index (χ4v) is 4.08. The molecule has 1 N–H and O–H groups in total. The van der Waals surface area contributed by atoms with E-state index in [4.69, 9.17) is 0 Å². The van der Waals surface area contributed by atoms with Gasteiger partial charge in [0.15, 0.2) is 0 Å². The first-order valence-corrected chi connectivity index (χ1v) is 7.68. The van der Waals surface area contributed by atoms with E-state index in [-0.39, 0.29) is 5.91 Å². The highest BCUT2D eigenvalue weighted by atomic mass is 32.1. The van der Waals surface area contributed by atoms with E-state index in [9.17, 15) is 4.79 Å². The van der Waals surface area contributed by atoms with Crippen LogP contribution in [-0.2, 0) is 11.2 Å². The van der Waals surface area contributed by atoms with Gasteiger partial charge in [0.25, 0.3) is 0 Å². The molecule has 0 saturated carbocycles.